The number of anilines is 1. The Bertz CT molecular complexity index is 835. The van der Waals surface area contributed by atoms with Crippen LogP contribution in [0, 0.1) is 17.7 Å². The van der Waals surface area contributed by atoms with Gasteiger partial charge in [-0.25, -0.2) is 4.39 Å². The van der Waals surface area contributed by atoms with Crippen LogP contribution in [0.3, 0.4) is 0 Å². The Kier molecular flexibility index (Phi) is 7.13. The van der Waals surface area contributed by atoms with Gasteiger partial charge < -0.3 is 15.4 Å². The van der Waals surface area contributed by atoms with E-state index in [1.807, 2.05) is 24.3 Å². The standard InChI is InChI=1S/C25H34FN3O3/c26-21-7-3-4-8-22(21)29-17-15-28(16-18-29)14-11-19-9-12-25(13-10-19,24(27)31)32-23(30)20-5-1-2-6-20/h1-4,7-8,19-20H,5-6,9-18H2,(H2,27,31). The fraction of sp³-hybridized carbons (Fsp3) is 0.600. The van der Waals surface area contributed by atoms with Gasteiger partial charge in [-0.2, -0.15) is 0 Å². The van der Waals surface area contributed by atoms with Crippen LogP contribution >= 0.6 is 0 Å². The lowest BCUT2D eigenvalue weighted by Crippen LogP contribution is -2.51. The largest absolute Gasteiger partial charge is 0.449 e. The molecule has 0 unspecified atom stereocenters. The van der Waals surface area contributed by atoms with Crippen molar-refractivity contribution in [2.45, 2.75) is 50.5 Å². The number of ether oxygens (including phenoxy) is 1. The second kappa shape index (κ2) is 10.0. The third kappa shape index (κ3) is 5.14. The van der Waals surface area contributed by atoms with Crippen LogP contribution in [0.2, 0.25) is 0 Å². The van der Waals surface area contributed by atoms with Gasteiger partial charge in [0.15, 0.2) is 5.60 Å². The van der Waals surface area contributed by atoms with E-state index in [-0.39, 0.29) is 17.7 Å². The molecule has 1 amide bonds. The molecule has 0 atom stereocenters. The molecule has 1 saturated carbocycles. The van der Waals surface area contributed by atoms with Crippen LogP contribution in [0.4, 0.5) is 10.1 Å². The van der Waals surface area contributed by atoms with E-state index in [1.165, 1.54) is 6.07 Å². The second-order valence-corrected chi connectivity index (χ2v) is 9.43. The molecule has 0 bridgehead atoms. The molecule has 1 aromatic carbocycles. The number of rotatable bonds is 7. The molecule has 1 aromatic rings. The van der Waals surface area contributed by atoms with Gasteiger partial charge in [0, 0.05) is 26.2 Å². The average Bonchev–Trinajstić information content (AvgIpc) is 3.35. The van der Waals surface area contributed by atoms with E-state index in [2.05, 4.69) is 9.80 Å². The van der Waals surface area contributed by atoms with Gasteiger partial charge in [0.1, 0.15) is 5.82 Å². The van der Waals surface area contributed by atoms with E-state index in [9.17, 15) is 14.0 Å². The van der Waals surface area contributed by atoms with Crippen molar-refractivity contribution in [3.05, 3.63) is 42.2 Å². The third-order valence-electron chi connectivity index (χ3n) is 7.42. The molecule has 1 aliphatic heterocycles. The van der Waals surface area contributed by atoms with Crippen LogP contribution in [0.25, 0.3) is 0 Å². The smallest absolute Gasteiger partial charge is 0.310 e. The molecule has 6 nitrogen and oxygen atoms in total. The van der Waals surface area contributed by atoms with Crippen molar-refractivity contribution >= 4 is 17.6 Å². The zero-order valence-electron chi connectivity index (χ0n) is 18.7. The summed E-state index contributed by atoms with van der Waals surface area (Å²) in [4.78, 5) is 29.2. The molecule has 4 rings (SSSR count). The number of nitrogens with zero attached hydrogens (tertiary/aromatic N) is 2. The first-order valence-electron chi connectivity index (χ1n) is 11.9. The van der Waals surface area contributed by atoms with E-state index in [1.54, 1.807) is 6.07 Å². The molecule has 3 aliphatic rings. The predicted octanol–water partition coefficient (Wildman–Crippen LogP) is 3.26. The summed E-state index contributed by atoms with van der Waals surface area (Å²) in [6.45, 7) is 4.47. The normalized spacial score (nSPS) is 26.9. The Hall–Kier alpha value is -2.41. The zero-order valence-corrected chi connectivity index (χ0v) is 18.7. The number of benzene rings is 1. The van der Waals surface area contributed by atoms with Crippen LogP contribution in [-0.4, -0.2) is 55.1 Å². The number of esters is 1. The van der Waals surface area contributed by atoms with Crippen LogP contribution in [0.1, 0.15) is 44.9 Å². The van der Waals surface area contributed by atoms with E-state index < -0.39 is 11.5 Å². The number of hydrogen-bond donors (Lipinski definition) is 1. The van der Waals surface area contributed by atoms with Crippen molar-refractivity contribution in [3.63, 3.8) is 0 Å². The highest BCUT2D eigenvalue weighted by atomic mass is 19.1. The summed E-state index contributed by atoms with van der Waals surface area (Å²) in [5.41, 5.74) is 5.23. The lowest BCUT2D eigenvalue weighted by atomic mass is 9.77. The number of nitrogens with two attached hydrogens (primary N) is 1. The first kappa shape index (κ1) is 22.8. The summed E-state index contributed by atoms with van der Waals surface area (Å²) in [6.07, 6.45) is 9.09. The molecule has 2 fully saturated rings. The number of primary amides is 1. The zero-order chi connectivity index (χ0) is 22.6. The highest BCUT2D eigenvalue weighted by molar-refractivity contribution is 5.87. The quantitative estimate of drug-likeness (QED) is 0.517. The lowest BCUT2D eigenvalue weighted by Gasteiger charge is -2.39. The fourth-order valence-electron chi connectivity index (χ4n) is 5.20. The van der Waals surface area contributed by atoms with Crippen LogP contribution in [-0.2, 0) is 14.3 Å². The Morgan fingerprint density at radius 1 is 1.06 bits per heavy atom. The molecule has 1 saturated heterocycles. The number of carbonyl (C=O) groups is 2. The van der Waals surface area contributed by atoms with Gasteiger partial charge in [0.05, 0.1) is 11.6 Å². The molecule has 0 radical (unpaired) electrons. The molecule has 2 N–H and O–H groups in total. The molecule has 1 heterocycles. The minimum Gasteiger partial charge on any atom is -0.449 e. The van der Waals surface area contributed by atoms with Gasteiger partial charge >= 0.3 is 5.97 Å². The predicted molar refractivity (Wildman–Crippen MR) is 122 cm³/mol. The fourth-order valence-corrected chi connectivity index (χ4v) is 5.20. The minimum absolute atomic E-state index is 0.161. The number of carbonyl (C=O) groups excluding carboxylic acids is 2. The van der Waals surface area contributed by atoms with E-state index in [0.717, 1.165) is 52.0 Å². The third-order valence-corrected chi connectivity index (χ3v) is 7.42. The number of hydrogen-bond acceptors (Lipinski definition) is 5. The summed E-state index contributed by atoms with van der Waals surface area (Å²) >= 11 is 0. The van der Waals surface area contributed by atoms with Crippen molar-refractivity contribution in [2.24, 2.45) is 17.6 Å². The highest BCUT2D eigenvalue weighted by Crippen LogP contribution is 2.38. The first-order chi connectivity index (χ1) is 15.5. The van der Waals surface area contributed by atoms with E-state index >= 15 is 0 Å². The molecule has 2 aliphatic carbocycles. The SMILES string of the molecule is NC(=O)C1(OC(=O)C2CC=CC2)CCC(CCN2CCN(c3ccccc3F)CC2)CC1. The summed E-state index contributed by atoms with van der Waals surface area (Å²) in [7, 11) is 0. The molecule has 174 valence electrons. The van der Waals surface area contributed by atoms with Crippen molar-refractivity contribution in [2.75, 3.05) is 37.6 Å². The molecule has 0 aromatic heterocycles. The van der Waals surface area contributed by atoms with Crippen LogP contribution in [0.15, 0.2) is 36.4 Å². The highest BCUT2D eigenvalue weighted by Gasteiger charge is 2.45. The van der Waals surface area contributed by atoms with Gasteiger partial charge in [0.25, 0.3) is 5.91 Å². The Morgan fingerprint density at radius 3 is 2.34 bits per heavy atom. The molecular weight excluding hydrogens is 409 g/mol. The summed E-state index contributed by atoms with van der Waals surface area (Å²) in [5, 5.41) is 0. The van der Waals surface area contributed by atoms with Crippen LogP contribution in [0.5, 0.6) is 0 Å². The maximum absolute atomic E-state index is 14.0. The van der Waals surface area contributed by atoms with Crippen molar-refractivity contribution in [1.29, 1.82) is 0 Å². The summed E-state index contributed by atoms with van der Waals surface area (Å²) in [5.74, 6) is -0.642. The second-order valence-electron chi connectivity index (χ2n) is 9.43. The lowest BCUT2D eigenvalue weighted by molar-refractivity contribution is -0.175. The number of para-hydroxylation sites is 1. The summed E-state index contributed by atoms with van der Waals surface area (Å²) in [6, 6.07) is 6.95. The minimum atomic E-state index is -1.14. The van der Waals surface area contributed by atoms with Crippen molar-refractivity contribution in [1.82, 2.24) is 4.90 Å². The molecule has 0 spiro atoms. The number of allylic oxidation sites excluding steroid dienone is 2. The van der Waals surface area contributed by atoms with Gasteiger partial charge in [-0.05, 0) is 69.5 Å². The molecular formula is C25H34FN3O3. The van der Waals surface area contributed by atoms with E-state index in [0.29, 0.717) is 37.3 Å². The van der Waals surface area contributed by atoms with E-state index in [4.69, 9.17) is 10.5 Å². The van der Waals surface area contributed by atoms with Gasteiger partial charge in [-0.1, -0.05) is 24.3 Å². The topological polar surface area (TPSA) is 75.9 Å². The van der Waals surface area contributed by atoms with Crippen molar-refractivity contribution in [3.8, 4) is 0 Å². The average molecular weight is 444 g/mol. The Balaban J connectivity index is 1.21. The Morgan fingerprint density at radius 2 is 1.72 bits per heavy atom. The van der Waals surface area contributed by atoms with Crippen LogP contribution < -0.4 is 10.6 Å². The van der Waals surface area contributed by atoms with Crippen molar-refractivity contribution < 1.29 is 18.7 Å². The Labute approximate surface area is 189 Å². The van der Waals surface area contributed by atoms with Gasteiger partial charge in [-0.15, -0.1) is 0 Å². The first-order valence-corrected chi connectivity index (χ1v) is 11.9. The maximum atomic E-state index is 14.0. The molecule has 7 heteroatoms. The summed E-state index contributed by atoms with van der Waals surface area (Å²) < 4.78 is 19.8. The number of halogens is 1. The molecule has 32 heavy (non-hydrogen) atoms. The number of piperazine rings is 1. The number of amides is 1. The van der Waals surface area contributed by atoms with Gasteiger partial charge in [-0.3, -0.25) is 14.5 Å². The maximum Gasteiger partial charge on any atom is 0.310 e. The monoisotopic (exact) mass is 443 g/mol. The van der Waals surface area contributed by atoms with Gasteiger partial charge in [0.2, 0.25) is 0 Å².